The van der Waals surface area contributed by atoms with Crippen LogP contribution in [0.4, 0.5) is 16.0 Å². The lowest BCUT2D eigenvalue weighted by atomic mass is 10.1. The Labute approximate surface area is 183 Å². The molecule has 0 fully saturated rings. The first-order valence-electron chi connectivity index (χ1n) is 9.82. The number of fused-ring (bicyclic) bond motifs is 3. The Morgan fingerprint density at radius 2 is 1.97 bits per heavy atom. The second-order valence-electron chi connectivity index (χ2n) is 6.87. The highest BCUT2D eigenvalue weighted by Gasteiger charge is 2.18. The summed E-state index contributed by atoms with van der Waals surface area (Å²) in [4.78, 5) is 20.1. The van der Waals surface area contributed by atoms with Gasteiger partial charge in [-0.3, -0.25) is 9.36 Å². The number of amides is 1. The van der Waals surface area contributed by atoms with E-state index in [-0.39, 0.29) is 17.7 Å². The second kappa shape index (κ2) is 8.78. The fourth-order valence-corrected chi connectivity index (χ4v) is 3.48. The molecule has 5 N–H and O–H groups in total. The van der Waals surface area contributed by atoms with Gasteiger partial charge in [-0.2, -0.15) is 4.98 Å². The maximum atomic E-state index is 14.9. The molecule has 0 aliphatic rings. The van der Waals surface area contributed by atoms with Crippen LogP contribution in [0.3, 0.4) is 0 Å². The molecule has 0 aliphatic carbocycles. The van der Waals surface area contributed by atoms with E-state index in [0.29, 0.717) is 11.4 Å². The van der Waals surface area contributed by atoms with Gasteiger partial charge in [-0.05, 0) is 30.3 Å². The first kappa shape index (κ1) is 20.9. The minimum Gasteiger partial charge on any atom is -0.323 e. The van der Waals surface area contributed by atoms with E-state index in [9.17, 15) is 9.18 Å². The summed E-state index contributed by atoms with van der Waals surface area (Å²) in [5, 5.41) is 16.7. The molecule has 8 nitrogen and oxygen atoms in total. The van der Waals surface area contributed by atoms with Crippen LogP contribution < -0.4 is 16.0 Å². The van der Waals surface area contributed by atoms with Gasteiger partial charge in [0.05, 0.1) is 24.3 Å². The SMILES string of the molecule is C=CC(=O)Nc1ccc2c(c1)c1ccccc1n2-c1nc(N/C(C=N)=C/[NH2+]C)ncc1F. The molecule has 9 heteroatoms. The van der Waals surface area contributed by atoms with E-state index in [4.69, 9.17) is 5.41 Å². The predicted molar refractivity (Wildman–Crippen MR) is 123 cm³/mol. The van der Waals surface area contributed by atoms with Gasteiger partial charge in [0, 0.05) is 22.7 Å². The molecule has 0 radical (unpaired) electrons. The van der Waals surface area contributed by atoms with Crippen LogP contribution in [0.15, 0.2) is 73.2 Å². The lowest BCUT2D eigenvalue weighted by Crippen LogP contribution is -2.73. The molecule has 2 heterocycles. The number of carbonyl (C=O) groups excluding carboxylic acids is 1. The molecule has 32 heavy (non-hydrogen) atoms. The van der Waals surface area contributed by atoms with Crippen LogP contribution in [0.25, 0.3) is 27.6 Å². The van der Waals surface area contributed by atoms with Crippen LogP contribution in [-0.2, 0) is 4.79 Å². The number of aromatic nitrogens is 3. The van der Waals surface area contributed by atoms with Crippen LogP contribution in [0.1, 0.15) is 0 Å². The van der Waals surface area contributed by atoms with Gasteiger partial charge >= 0.3 is 0 Å². The highest BCUT2D eigenvalue weighted by atomic mass is 19.1. The third-order valence-corrected chi connectivity index (χ3v) is 4.82. The summed E-state index contributed by atoms with van der Waals surface area (Å²) in [7, 11) is 1.83. The first-order valence-corrected chi connectivity index (χ1v) is 9.82. The first-order chi connectivity index (χ1) is 15.5. The van der Waals surface area contributed by atoms with Gasteiger partial charge in [-0.1, -0.05) is 24.8 Å². The Bertz CT molecular complexity index is 1390. The fourth-order valence-electron chi connectivity index (χ4n) is 3.48. The summed E-state index contributed by atoms with van der Waals surface area (Å²) in [6.07, 6.45) is 5.12. The van der Waals surface area contributed by atoms with Gasteiger partial charge < -0.3 is 21.4 Å². The number of nitrogens with one attached hydrogen (secondary N) is 3. The minimum absolute atomic E-state index is 0.0707. The van der Waals surface area contributed by atoms with Gasteiger partial charge in [-0.25, -0.2) is 9.37 Å². The normalized spacial score (nSPS) is 11.5. The van der Waals surface area contributed by atoms with E-state index in [2.05, 4.69) is 27.2 Å². The maximum absolute atomic E-state index is 14.9. The molecule has 0 aliphatic heterocycles. The Balaban J connectivity index is 1.91. The molecule has 0 atom stereocenters. The average Bonchev–Trinajstić information content (AvgIpc) is 3.13. The van der Waals surface area contributed by atoms with Crippen LogP contribution in [0.5, 0.6) is 0 Å². The van der Waals surface area contributed by atoms with Crippen molar-refractivity contribution < 1.29 is 14.5 Å². The lowest BCUT2D eigenvalue weighted by Gasteiger charge is -2.10. The molecular weight excluding hydrogens is 409 g/mol. The third-order valence-electron chi connectivity index (χ3n) is 4.82. The number of rotatable bonds is 7. The average molecular weight is 430 g/mol. The summed E-state index contributed by atoms with van der Waals surface area (Å²) >= 11 is 0. The zero-order chi connectivity index (χ0) is 22.7. The van der Waals surface area contributed by atoms with Crippen molar-refractivity contribution in [2.75, 3.05) is 17.7 Å². The number of carbonyl (C=O) groups is 1. The van der Waals surface area contributed by atoms with Crippen LogP contribution in [0.2, 0.25) is 0 Å². The topological polar surface area (TPSA) is 112 Å². The predicted octanol–water partition coefficient (Wildman–Crippen LogP) is 2.93. The zero-order valence-electron chi connectivity index (χ0n) is 17.3. The number of hydrogen-bond acceptors (Lipinski definition) is 5. The van der Waals surface area contributed by atoms with Gasteiger partial charge in [0.15, 0.2) is 11.6 Å². The van der Waals surface area contributed by atoms with E-state index in [1.54, 1.807) is 28.2 Å². The third kappa shape index (κ3) is 3.84. The van der Waals surface area contributed by atoms with Crippen molar-refractivity contribution in [3.63, 3.8) is 0 Å². The van der Waals surface area contributed by atoms with Crippen molar-refractivity contribution in [2.24, 2.45) is 0 Å². The monoisotopic (exact) mass is 430 g/mol. The molecule has 2 aromatic carbocycles. The fraction of sp³-hybridized carbons (Fsp3) is 0.0435. The summed E-state index contributed by atoms with van der Waals surface area (Å²) in [5.41, 5.74) is 2.54. The molecule has 2 aromatic heterocycles. The molecule has 160 valence electrons. The van der Waals surface area contributed by atoms with Crippen molar-refractivity contribution in [3.05, 3.63) is 79.0 Å². The number of hydrogen-bond donors (Lipinski definition) is 4. The van der Waals surface area contributed by atoms with Gasteiger partial charge in [0.2, 0.25) is 11.9 Å². The van der Waals surface area contributed by atoms with Crippen molar-refractivity contribution >= 4 is 45.6 Å². The highest BCUT2D eigenvalue weighted by molar-refractivity contribution is 6.11. The minimum atomic E-state index is -0.593. The van der Waals surface area contributed by atoms with Gasteiger partial charge in [-0.15, -0.1) is 0 Å². The Kier molecular flexibility index (Phi) is 5.73. The van der Waals surface area contributed by atoms with E-state index in [1.165, 1.54) is 6.08 Å². The van der Waals surface area contributed by atoms with Crippen LogP contribution in [-0.4, -0.2) is 33.7 Å². The van der Waals surface area contributed by atoms with E-state index < -0.39 is 5.82 Å². The number of allylic oxidation sites excluding steroid dienone is 1. The number of nitrogens with two attached hydrogens (primary N) is 1. The number of halogens is 1. The van der Waals surface area contributed by atoms with Gasteiger partial charge in [0.1, 0.15) is 11.9 Å². The molecule has 1 amide bonds. The summed E-state index contributed by atoms with van der Waals surface area (Å²) in [6.45, 7) is 3.47. The van der Waals surface area contributed by atoms with Crippen LogP contribution >= 0.6 is 0 Å². The van der Waals surface area contributed by atoms with Crippen molar-refractivity contribution in [3.8, 4) is 5.82 Å². The summed E-state index contributed by atoms with van der Waals surface area (Å²) in [5.74, 6) is -0.671. The van der Waals surface area contributed by atoms with Crippen molar-refractivity contribution in [1.82, 2.24) is 14.5 Å². The second-order valence-corrected chi connectivity index (χ2v) is 6.87. The van der Waals surface area contributed by atoms with Gasteiger partial charge in [0.25, 0.3) is 0 Å². The molecule has 0 saturated heterocycles. The summed E-state index contributed by atoms with van der Waals surface area (Å²) in [6, 6.07) is 12.9. The molecule has 0 unspecified atom stereocenters. The Morgan fingerprint density at radius 1 is 1.19 bits per heavy atom. The van der Waals surface area contributed by atoms with Crippen molar-refractivity contribution in [1.29, 1.82) is 5.41 Å². The zero-order valence-corrected chi connectivity index (χ0v) is 17.3. The number of quaternary nitrogens is 1. The lowest BCUT2D eigenvalue weighted by molar-refractivity contribution is -0.556. The number of benzene rings is 2. The number of nitrogens with zero attached hydrogens (tertiary/aromatic N) is 3. The van der Waals surface area contributed by atoms with E-state index in [0.717, 1.165) is 34.2 Å². The molecule has 0 bridgehead atoms. The largest absolute Gasteiger partial charge is 0.323 e. The molecular formula is C23H21FN7O+. The standard InChI is InChI=1S/C23H20FN7O/c1-3-21(32)28-14-8-9-20-17(10-14)16-6-4-5-7-19(16)31(20)22-18(24)13-27-23(30-22)29-15(11-25)12-26-2/h3-13,25-26H,1H2,2H3,(H,28,32)(H,27,29,30)/p+1/b15-12+,25-11?. The molecule has 4 rings (SSSR count). The van der Waals surface area contributed by atoms with E-state index in [1.807, 2.05) is 37.4 Å². The number of anilines is 2. The quantitative estimate of drug-likeness (QED) is 0.267. The van der Waals surface area contributed by atoms with Crippen molar-refractivity contribution in [2.45, 2.75) is 0 Å². The van der Waals surface area contributed by atoms with Crippen LogP contribution in [0, 0.1) is 11.2 Å². The Hall–Kier alpha value is -4.37. The molecule has 0 spiro atoms. The maximum Gasteiger partial charge on any atom is 0.247 e. The smallest absolute Gasteiger partial charge is 0.247 e. The molecule has 4 aromatic rings. The van der Waals surface area contributed by atoms with E-state index >= 15 is 0 Å². The highest BCUT2D eigenvalue weighted by Crippen LogP contribution is 2.34. The molecule has 0 saturated carbocycles. The Morgan fingerprint density at radius 3 is 2.72 bits per heavy atom. The summed E-state index contributed by atoms with van der Waals surface area (Å²) < 4.78 is 16.7. The number of para-hydroxylation sites is 1.